The van der Waals surface area contributed by atoms with Gasteiger partial charge in [0.25, 0.3) is 0 Å². The van der Waals surface area contributed by atoms with Crippen LogP contribution in [0.4, 0.5) is 4.39 Å². The highest BCUT2D eigenvalue weighted by atomic mass is 19.1. The third kappa shape index (κ3) is 5.99. The van der Waals surface area contributed by atoms with Gasteiger partial charge in [-0.3, -0.25) is 4.79 Å². The molecule has 0 amide bonds. The van der Waals surface area contributed by atoms with Crippen molar-refractivity contribution >= 4 is 18.0 Å². The van der Waals surface area contributed by atoms with Crippen LogP contribution < -0.4 is 4.74 Å². The molecule has 1 aromatic carbocycles. The summed E-state index contributed by atoms with van der Waals surface area (Å²) in [5.41, 5.74) is 0.385. The lowest BCUT2D eigenvalue weighted by molar-refractivity contribution is -0.140. The number of carboxylic acid groups (broad SMARTS) is 1. The highest BCUT2D eigenvalue weighted by Gasteiger charge is 2.03. The number of carbonyl (C=O) groups excluding carboxylic acids is 1. The monoisotopic (exact) mass is 282 g/mol. The molecule has 0 atom stereocenters. The maximum Gasteiger partial charge on any atom is 0.328 e. The van der Waals surface area contributed by atoms with Gasteiger partial charge in [0.1, 0.15) is 11.6 Å². The number of ether oxygens (including phenoxy) is 2. The SMILES string of the molecule is COC(=O)CCCOc1cc(F)cc(/C=C/C(=O)O)c1. The van der Waals surface area contributed by atoms with E-state index in [4.69, 9.17) is 9.84 Å². The molecule has 5 nitrogen and oxygen atoms in total. The molecule has 0 unspecified atom stereocenters. The van der Waals surface area contributed by atoms with Crippen molar-refractivity contribution in [2.45, 2.75) is 12.8 Å². The van der Waals surface area contributed by atoms with Crippen LogP contribution in [0, 0.1) is 5.82 Å². The molecule has 0 bridgehead atoms. The van der Waals surface area contributed by atoms with Gasteiger partial charge in [0.15, 0.2) is 0 Å². The zero-order chi connectivity index (χ0) is 15.0. The van der Waals surface area contributed by atoms with E-state index in [1.54, 1.807) is 0 Å². The number of hydrogen-bond acceptors (Lipinski definition) is 4. The second-order valence-electron chi connectivity index (χ2n) is 3.92. The molecule has 0 spiro atoms. The Morgan fingerprint density at radius 2 is 2.10 bits per heavy atom. The normalized spacial score (nSPS) is 10.5. The van der Waals surface area contributed by atoms with Crippen LogP contribution in [0.5, 0.6) is 5.75 Å². The Labute approximate surface area is 115 Å². The molecular formula is C14H15FO5. The highest BCUT2D eigenvalue weighted by molar-refractivity contribution is 5.85. The van der Waals surface area contributed by atoms with Crippen molar-refractivity contribution in [3.05, 3.63) is 35.7 Å². The Morgan fingerprint density at radius 3 is 2.75 bits per heavy atom. The second kappa shape index (κ2) is 7.93. The van der Waals surface area contributed by atoms with Crippen LogP contribution >= 0.6 is 0 Å². The molecule has 0 aliphatic heterocycles. The lowest BCUT2D eigenvalue weighted by atomic mass is 10.2. The first-order chi connectivity index (χ1) is 9.51. The van der Waals surface area contributed by atoms with E-state index in [1.165, 1.54) is 31.4 Å². The molecule has 0 radical (unpaired) electrons. The smallest absolute Gasteiger partial charge is 0.328 e. The molecule has 0 saturated heterocycles. The highest BCUT2D eigenvalue weighted by Crippen LogP contribution is 2.18. The fraction of sp³-hybridized carbons (Fsp3) is 0.286. The summed E-state index contributed by atoms with van der Waals surface area (Å²) >= 11 is 0. The summed E-state index contributed by atoms with van der Waals surface area (Å²) in [6, 6.07) is 3.90. The van der Waals surface area contributed by atoms with E-state index in [9.17, 15) is 14.0 Å². The molecule has 20 heavy (non-hydrogen) atoms. The van der Waals surface area contributed by atoms with Gasteiger partial charge in [-0.15, -0.1) is 0 Å². The van der Waals surface area contributed by atoms with Crippen LogP contribution in [0.1, 0.15) is 18.4 Å². The summed E-state index contributed by atoms with van der Waals surface area (Å²) in [5, 5.41) is 8.51. The Bertz CT molecular complexity index is 510. The Morgan fingerprint density at radius 1 is 1.35 bits per heavy atom. The maximum absolute atomic E-state index is 13.3. The summed E-state index contributed by atoms with van der Waals surface area (Å²) < 4.78 is 23.1. The van der Waals surface area contributed by atoms with Gasteiger partial charge in [-0.05, 0) is 30.2 Å². The van der Waals surface area contributed by atoms with Crippen molar-refractivity contribution < 1.29 is 28.6 Å². The summed E-state index contributed by atoms with van der Waals surface area (Å²) in [4.78, 5) is 21.3. The molecule has 108 valence electrons. The van der Waals surface area contributed by atoms with Crippen LogP contribution in [-0.2, 0) is 14.3 Å². The van der Waals surface area contributed by atoms with Crippen LogP contribution in [0.15, 0.2) is 24.3 Å². The molecule has 1 aromatic rings. The number of hydrogen-bond donors (Lipinski definition) is 1. The van der Waals surface area contributed by atoms with Crippen molar-refractivity contribution in [2.75, 3.05) is 13.7 Å². The van der Waals surface area contributed by atoms with E-state index in [2.05, 4.69) is 4.74 Å². The Kier molecular flexibility index (Phi) is 6.22. The summed E-state index contributed by atoms with van der Waals surface area (Å²) in [6.07, 6.45) is 2.85. The number of benzene rings is 1. The number of aliphatic carboxylic acids is 1. The molecule has 0 aliphatic carbocycles. The minimum atomic E-state index is -1.12. The van der Waals surface area contributed by atoms with Gasteiger partial charge in [0, 0.05) is 18.6 Å². The molecular weight excluding hydrogens is 267 g/mol. The largest absolute Gasteiger partial charge is 0.493 e. The van der Waals surface area contributed by atoms with E-state index < -0.39 is 11.8 Å². The minimum absolute atomic E-state index is 0.220. The molecule has 1 N–H and O–H groups in total. The first-order valence-electron chi connectivity index (χ1n) is 5.92. The van der Waals surface area contributed by atoms with E-state index in [0.717, 1.165) is 6.08 Å². The first-order valence-corrected chi connectivity index (χ1v) is 5.92. The van der Waals surface area contributed by atoms with Gasteiger partial charge < -0.3 is 14.6 Å². The molecule has 1 rings (SSSR count). The number of esters is 1. The average molecular weight is 282 g/mol. The van der Waals surface area contributed by atoms with Gasteiger partial charge in [-0.25, -0.2) is 9.18 Å². The summed E-state index contributed by atoms with van der Waals surface area (Å²) in [7, 11) is 1.30. The first kappa shape index (κ1) is 15.7. The van der Waals surface area contributed by atoms with Crippen LogP contribution in [0.2, 0.25) is 0 Å². The third-order valence-corrected chi connectivity index (χ3v) is 2.33. The Hall–Kier alpha value is -2.37. The molecule has 0 heterocycles. The number of carboxylic acids is 1. The molecule has 0 aromatic heterocycles. The van der Waals surface area contributed by atoms with Crippen molar-refractivity contribution in [1.82, 2.24) is 0 Å². The fourth-order valence-corrected chi connectivity index (χ4v) is 1.44. The standard InChI is InChI=1S/C14H15FO5/c1-19-14(18)3-2-6-20-12-8-10(4-5-13(16)17)7-11(15)9-12/h4-5,7-9H,2-3,6H2,1H3,(H,16,17)/b5-4+. The quantitative estimate of drug-likeness (QED) is 0.472. The fourth-order valence-electron chi connectivity index (χ4n) is 1.44. The van der Waals surface area contributed by atoms with E-state index in [1.807, 2.05) is 0 Å². The van der Waals surface area contributed by atoms with Crippen molar-refractivity contribution in [3.8, 4) is 5.75 Å². The minimum Gasteiger partial charge on any atom is -0.493 e. The third-order valence-electron chi connectivity index (χ3n) is 2.33. The zero-order valence-corrected chi connectivity index (χ0v) is 11.0. The van der Waals surface area contributed by atoms with Gasteiger partial charge in [0.2, 0.25) is 0 Å². The van der Waals surface area contributed by atoms with Gasteiger partial charge >= 0.3 is 11.9 Å². The zero-order valence-electron chi connectivity index (χ0n) is 11.0. The molecule has 0 aliphatic rings. The number of halogens is 1. The molecule has 6 heteroatoms. The predicted octanol–water partition coefficient (Wildman–Crippen LogP) is 2.26. The van der Waals surface area contributed by atoms with Crippen LogP contribution in [-0.4, -0.2) is 30.8 Å². The van der Waals surface area contributed by atoms with E-state index in [-0.39, 0.29) is 24.7 Å². The number of methoxy groups -OCH3 is 1. The van der Waals surface area contributed by atoms with E-state index in [0.29, 0.717) is 12.0 Å². The van der Waals surface area contributed by atoms with Crippen molar-refractivity contribution in [2.24, 2.45) is 0 Å². The van der Waals surface area contributed by atoms with Crippen molar-refractivity contribution in [1.29, 1.82) is 0 Å². The van der Waals surface area contributed by atoms with Gasteiger partial charge in [0.05, 0.1) is 13.7 Å². The van der Waals surface area contributed by atoms with Crippen LogP contribution in [0.3, 0.4) is 0 Å². The van der Waals surface area contributed by atoms with Crippen molar-refractivity contribution in [3.63, 3.8) is 0 Å². The summed E-state index contributed by atoms with van der Waals surface area (Å²) in [5.74, 6) is -1.70. The summed E-state index contributed by atoms with van der Waals surface area (Å²) in [6.45, 7) is 0.237. The Balaban J connectivity index is 2.57. The second-order valence-corrected chi connectivity index (χ2v) is 3.92. The lowest BCUT2D eigenvalue weighted by Gasteiger charge is -2.07. The maximum atomic E-state index is 13.3. The van der Waals surface area contributed by atoms with Gasteiger partial charge in [-0.2, -0.15) is 0 Å². The number of rotatable bonds is 7. The van der Waals surface area contributed by atoms with E-state index >= 15 is 0 Å². The predicted molar refractivity (Wildman–Crippen MR) is 69.8 cm³/mol. The molecule has 0 fully saturated rings. The topological polar surface area (TPSA) is 72.8 Å². The molecule has 0 saturated carbocycles. The van der Waals surface area contributed by atoms with Gasteiger partial charge in [-0.1, -0.05) is 0 Å². The lowest BCUT2D eigenvalue weighted by Crippen LogP contribution is -2.04. The van der Waals surface area contributed by atoms with Crippen LogP contribution in [0.25, 0.3) is 6.08 Å². The number of carbonyl (C=O) groups is 2. The average Bonchev–Trinajstić information content (AvgIpc) is 2.40.